The summed E-state index contributed by atoms with van der Waals surface area (Å²) in [4.78, 5) is 26.4. The van der Waals surface area contributed by atoms with Crippen molar-refractivity contribution < 1.29 is 23.8 Å². The lowest BCUT2D eigenvalue weighted by Crippen LogP contribution is -2.39. The maximum atomic E-state index is 12.5. The Hall–Kier alpha value is -3.22. The standard InChI is InChI=1S/C23H28N2O5/c1-15(2)16-5-8-19(9-6-16)30-14-22(26)24-17-11-23(27)25(13-17)18-7-10-20(28-3)21(12-18)29-4/h5-10,12,15,17H,11,13-14H2,1-4H3,(H,24,26)/t17-/m0/s1. The second-order valence-corrected chi connectivity index (χ2v) is 7.52. The molecule has 0 bridgehead atoms. The highest BCUT2D eigenvalue weighted by Crippen LogP contribution is 2.33. The van der Waals surface area contributed by atoms with Crippen molar-refractivity contribution in [3.63, 3.8) is 0 Å². The molecule has 2 amide bonds. The van der Waals surface area contributed by atoms with Gasteiger partial charge in [0.2, 0.25) is 5.91 Å². The van der Waals surface area contributed by atoms with E-state index < -0.39 is 0 Å². The fourth-order valence-corrected chi connectivity index (χ4v) is 3.41. The summed E-state index contributed by atoms with van der Waals surface area (Å²) < 4.78 is 16.1. The van der Waals surface area contributed by atoms with E-state index in [-0.39, 0.29) is 30.9 Å². The summed E-state index contributed by atoms with van der Waals surface area (Å²) in [6.07, 6.45) is 0.239. The molecule has 1 atom stereocenters. The molecule has 0 aliphatic carbocycles. The molecular formula is C23H28N2O5. The predicted octanol–water partition coefficient (Wildman–Crippen LogP) is 3.13. The molecule has 3 rings (SSSR count). The number of hydrogen-bond donors (Lipinski definition) is 1. The Labute approximate surface area is 176 Å². The van der Waals surface area contributed by atoms with E-state index in [1.165, 1.54) is 5.56 Å². The molecule has 7 heteroatoms. The van der Waals surface area contributed by atoms with Gasteiger partial charge in [0.15, 0.2) is 18.1 Å². The highest BCUT2D eigenvalue weighted by molar-refractivity contribution is 5.97. The summed E-state index contributed by atoms with van der Waals surface area (Å²) in [5, 5.41) is 2.88. The Morgan fingerprint density at radius 1 is 1.10 bits per heavy atom. The summed E-state index contributed by atoms with van der Waals surface area (Å²) in [7, 11) is 3.11. The number of nitrogens with one attached hydrogen (secondary N) is 1. The summed E-state index contributed by atoms with van der Waals surface area (Å²) in [6, 6.07) is 12.7. The van der Waals surface area contributed by atoms with Crippen molar-refractivity contribution in [2.45, 2.75) is 32.2 Å². The SMILES string of the molecule is COc1ccc(N2C[C@@H](NC(=O)COc3ccc(C(C)C)cc3)CC2=O)cc1OC. The number of carbonyl (C=O) groups excluding carboxylic acids is 2. The molecule has 1 fully saturated rings. The number of ether oxygens (including phenoxy) is 3. The van der Waals surface area contributed by atoms with Gasteiger partial charge >= 0.3 is 0 Å². The molecule has 0 aromatic heterocycles. The highest BCUT2D eigenvalue weighted by Gasteiger charge is 2.32. The first-order valence-electron chi connectivity index (χ1n) is 9.95. The topological polar surface area (TPSA) is 77.1 Å². The van der Waals surface area contributed by atoms with Crippen molar-refractivity contribution in [2.24, 2.45) is 0 Å². The molecular weight excluding hydrogens is 384 g/mol. The van der Waals surface area contributed by atoms with E-state index in [1.807, 2.05) is 24.3 Å². The smallest absolute Gasteiger partial charge is 0.258 e. The van der Waals surface area contributed by atoms with Crippen LogP contribution in [0.2, 0.25) is 0 Å². The van der Waals surface area contributed by atoms with Crippen molar-refractivity contribution in [1.82, 2.24) is 5.32 Å². The lowest BCUT2D eigenvalue weighted by Gasteiger charge is -2.19. The zero-order valence-electron chi connectivity index (χ0n) is 17.8. The first-order valence-corrected chi connectivity index (χ1v) is 9.95. The Kier molecular flexibility index (Phi) is 6.82. The number of benzene rings is 2. The second kappa shape index (κ2) is 9.52. The Morgan fingerprint density at radius 3 is 2.43 bits per heavy atom. The van der Waals surface area contributed by atoms with Gasteiger partial charge in [-0.1, -0.05) is 26.0 Å². The molecule has 0 unspecified atom stereocenters. The van der Waals surface area contributed by atoms with Gasteiger partial charge in [-0.15, -0.1) is 0 Å². The Morgan fingerprint density at radius 2 is 1.80 bits per heavy atom. The van der Waals surface area contributed by atoms with E-state index in [0.29, 0.717) is 35.4 Å². The maximum absolute atomic E-state index is 12.5. The highest BCUT2D eigenvalue weighted by atomic mass is 16.5. The number of anilines is 1. The van der Waals surface area contributed by atoms with Crippen LogP contribution in [0.5, 0.6) is 17.2 Å². The number of methoxy groups -OCH3 is 2. The number of hydrogen-bond acceptors (Lipinski definition) is 5. The quantitative estimate of drug-likeness (QED) is 0.721. The van der Waals surface area contributed by atoms with Gasteiger partial charge < -0.3 is 24.4 Å². The number of rotatable bonds is 8. The van der Waals surface area contributed by atoms with Gasteiger partial charge in [-0.25, -0.2) is 0 Å². The van der Waals surface area contributed by atoms with E-state index in [4.69, 9.17) is 14.2 Å². The van der Waals surface area contributed by atoms with Gasteiger partial charge in [0.05, 0.1) is 20.3 Å². The van der Waals surface area contributed by atoms with Gasteiger partial charge in [0.1, 0.15) is 5.75 Å². The normalized spacial score (nSPS) is 16.0. The van der Waals surface area contributed by atoms with Crippen LogP contribution in [0.25, 0.3) is 0 Å². The fraction of sp³-hybridized carbons (Fsp3) is 0.391. The third kappa shape index (κ3) is 5.03. The predicted molar refractivity (Wildman–Crippen MR) is 114 cm³/mol. The molecule has 1 saturated heterocycles. The molecule has 2 aromatic carbocycles. The van der Waals surface area contributed by atoms with Crippen molar-refractivity contribution in [2.75, 3.05) is 32.3 Å². The van der Waals surface area contributed by atoms with Crippen LogP contribution < -0.4 is 24.4 Å². The molecule has 1 N–H and O–H groups in total. The lowest BCUT2D eigenvalue weighted by atomic mass is 10.0. The monoisotopic (exact) mass is 412 g/mol. The Bertz CT molecular complexity index is 895. The molecule has 30 heavy (non-hydrogen) atoms. The van der Waals surface area contributed by atoms with E-state index in [1.54, 1.807) is 37.3 Å². The van der Waals surface area contributed by atoms with Gasteiger partial charge in [-0.2, -0.15) is 0 Å². The number of amides is 2. The van der Waals surface area contributed by atoms with E-state index in [0.717, 1.165) is 0 Å². The first kappa shape index (κ1) is 21.5. The maximum Gasteiger partial charge on any atom is 0.258 e. The Balaban J connectivity index is 1.54. The zero-order chi connectivity index (χ0) is 21.7. The molecule has 0 saturated carbocycles. The third-order valence-corrected chi connectivity index (χ3v) is 5.09. The minimum Gasteiger partial charge on any atom is -0.493 e. The minimum atomic E-state index is -0.273. The van der Waals surface area contributed by atoms with Gasteiger partial charge in [0.25, 0.3) is 5.91 Å². The average molecular weight is 412 g/mol. The molecule has 1 aliphatic heterocycles. The number of carbonyl (C=O) groups is 2. The molecule has 1 aliphatic rings. The van der Waals surface area contributed by atoms with Crippen molar-refractivity contribution in [1.29, 1.82) is 0 Å². The number of nitrogens with zero attached hydrogens (tertiary/aromatic N) is 1. The van der Waals surface area contributed by atoms with Crippen LogP contribution in [0.15, 0.2) is 42.5 Å². The average Bonchev–Trinajstić information content (AvgIpc) is 3.11. The van der Waals surface area contributed by atoms with Crippen LogP contribution in [0.3, 0.4) is 0 Å². The fourth-order valence-electron chi connectivity index (χ4n) is 3.41. The van der Waals surface area contributed by atoms with Crippen LogP contribution in [0.1, 0.15) is 31.7 Å². The van der Waals surface area contributed by atoms with E-state index in [2.05, 4.69) is 19.2 Å². The van der Waals surface area contributed by atoms with Crippen LogP contribution in [-0.2, 0) is 9.59 Å². The molecule has 1 heterocycles. The van der Waals surface area contributed by atoms with Gasteiger partial charge in [-0.05, 0) is 35.7 Å². The minimum absolute atomic E-state index is 0.0577. The summed E-state index contributed by atoms with van der Waals surface area (Å²) in [6.45, 7) is 4.54. The summed E-state index contributed by atoms with van der Waals surface area (Å²) >= 11 is 0. The van der Waals surface area contributed by atoms with Crippen molar-refractivity contribution in [3.05, 3.63) is 48.0 Å². The van der Waals surface area contributed by atoms with Crippen molar-refractivity contribution >= 4 is 17.5 Å². The van der Waals surface area contributed by atoms with Crippen LogP contribution in [0.4, 0.5) is 5.69 Å². The van der Waals surface area contributed by atoms with Gasteiger partial charge in [-0.3, -0.25) is 9.59 Å². The summed E-state index contributed by atoms with van der Waals surface area (Å²) in [5.74, 6) is 1.91. The molecule has 0 radical (unpaired) electrons. The van der Waals surface area contributed by atoms with E-state index in [9.17, 15) is 9.59 Å². The largest absolute Gasteiger partial charge is 0.493 e. The van der Waals surface area contributed by atoms with Gasteiger partial charge in [0, 0.05) is 24.7 Å². The molecule has 160 valence electrons. The lowest BCUT2D eigenvalue weighted by molar-refractivity contribution is -0.123. The van der Waals surface area contributed by atoms with Crippen molar-refractivity contribution in [3.8, 4) is 17.2 Å². The zero-order valence-corrected chi connectivity index (χ0v) is 17.8. The van der Waals surface area contributed by atoms with Crippen LogP contribution in [0, 0.1) is 0 Å². The molecule has 2 aromatic rings. The van der Waals surface area contributed by atoms with E-state index >= 15 is 0 Å². The van der Waals surface area contributed by atoms with Crippen LogP contribution in [-0.4, -0.2) is 45.2 Å². The first-order chi connectivity index (χ1) is 14.4. The molecule has 7 nitrogen and oxygen atoms in total. The van der Waals surface area contributed by atoms with Crippen LogP contribution >= 0.6 is 0 Å². The third-order valence-electron chi connectivity index (χ3n) is 5.09. The summed E-state index contributed by atoms with van der Waals surface area (Å²) in [5.41, 5.74) is 1.92. The second-order valence-electron chi connectivity index (χ2n) is 7.52. The molecule has 0 spiro atoms.